The summed E-state index contributed by atoms with van der Waals surface area (Å²) in [5.41, 5.74) is 3.21. The van der Waals surface area contributed by atoms with Crippen molar-refractivity contribution < 1.29 is 12.8 Å². The molecule has 0 aliphatic heterocycles. The number of unbranched alkanes of at least 4 members (excludes halogenated alkanes) is 1. The molecular formula is C18H19FN2O2S. The minimum absolute atomic E-state index is 0.172. The van der Waals surface area contributed by atoms with Crippen LogP contribution >= 0.6 is 0 Å². The van der Waals surface area contributed by atoms with Crippen LogP contribution in [0.1, 0.15) is 25.3 Å². The van der Waals surface area contributed by atoms with Crippen LogP contribution in [0.3, 0.4) is 0 Å². The van der Waals surface area contributed by atoms with Crippen molar-refractivity contribution in [2.24, 2.45) is 5.14 Å². The van der Waals surface area contributed by atoms with Gasteiger partial charge in [-0.05, 0) is 54.3 Å². The molecule has 0 spiro atoms. The lowest BCUT2D eigenvalue weighted by Crippen LogP contribution is -2.14. The molecule has 0 aliphatic rings. The molecule has 3 aromatic rings. The van der Waals surface area contributed by atoms with E-state index in [-0.39, 0.29) is 10.7 Å². The fourth-order valence-corrected chi connectivity index (χ4v) is 3.71. The van der Waals surface area contributed by atoms with Crippen LogP contribution < -0.4 is 5.14 Å². The molecule has 24 heavy (non-hydrogen) atoms. The minimum atomic E-state index is -3.75. The van der Waals surface area contributed by atoms with Crippen molar-refractivity contribution in [3.8, 4) is 11.1 Å². The Kier molecular flexibility index (Phi) is 4.43. The van der Waals surface area contributed by atoms with Gasteiger partial charge in [0.2, 0.25) is 10.0 Å². The number of aromatic nitrogens is 1. The Morgan fingerprint density at radius 2 is 1.96 bits per heavy atom. The molecule has 6 heteroatoms. The predicted molar refractivity (Wildman–Crippen MR) is 93.7 cm³/mol. The Morgan fingerprint density at radius 3 is 2.67 bits per heavy atom. The normalized spacial score (nSPS) is 12.0. The zero-order valence-electron chi connectivity index (χ0n) is 13.3. The quantitative estimate of drug-likeness (QED) is 0.733. The maximum absolute atomic E-state index is 13.3. The van der Waals surface area contributed by atoms with Gasteiger partial charge in [-0.3, -0.25) is 0 Å². The summed E-state index contributed by atoms with van der Waals surface area (Å²) >= 11 is 0. The van der Waals surface area contributed by atoms with Gasteiger partial charge in [0.15, 0.2) is 0 Å². The van der Waals surface area contributed by atoms with Gasteiger partial charge in [-0.2, -0.15) is 0 Å². The lowest BCUT2D eigenvalue weighted by Gasteiger charge is -2.10. The van der Waals surface area contributed by atoms with E-state index in [0.29, 0.717) is 17.5 Å². The lowest BCUT2D eigenvalue weighted by molar-refractivity contribution is 0.596. The second-order valence-corrected chi connectivity index (χ2v) is 7.39. The Labute approximate surface area is 140 Å². The Bertz CT molecular complexity index is 993. The summed E-state index contributed by atoms with van der Waals surface area (Å²) in [4.78, 5) is 3.22. The van der Waals surface area contributed by atoms with Crippen LogP contribution in [0.15, 0.2) is 47.5 Å². The van der Waals surface area contributed by atoms with Gasteiger partial charge in [0.05, 0.1) is 4.90 Å². The molecule has 0 bridgehead atoms. The van der Waals surface area contributed by atoms with Crippen LogP contribution in [-0.2, 0) is 16.4 Å². The highest BCUT2D eigenvalue weighted by atomic mass is 32.2. The largest absolute Gasteiger partial charge is 0.360 e. The van der Waals surface area contributed by atoms with Crippen LogP contribution in [0.4, 0.5) is 4.39 Å². The highest BCUT2D eigenvalue weighted by Crippen LogP contribution is 2.31. The Morgan fingerprint density at radius 1 is 1.17 bits per heavy atom. The fourth-order valence-electron chi connectivity index (χ4n) is 2.92. The first-order valence-corrected chi connectivity index (χ1v) is 9.37. The topological polar surface area (TPSA) is 76.0 Å². The van der Waals surface area contributed by atoms with Crippen molar-refractivity contribution in [3.63, 3.8) is 0 Å². The van der Waals surface area contributed by atoms with E-state index < -0.39 is 10.0 Å². The van der Waals surface area contributed by atoms with Crippen molar-refractivity contribution in [1.82, 2.24) is 4.98 Å². The molecular weight excluding hydrogens is 327 g/mol. The molecule has 2 aromatic carbocycles. The number of nitrogens with two attached hydrogens (primary N) is 1. The van der Waals surface area contributed by atoms with Crippen molar-refractivity contribution in [3.05, 3.63) is 54.0 Å². The third kappa shape index (κ3) is 3.20. The molecule has 0 aliphatic carbocycles. The SMILES string of the molecule is CCCCc1cc(-c2c[nH]c3cc(F)ccc23)ccc1S(N)(=O)=O. The van der Waals surface area contributed by atoms with Crippen LogP contribution in [-0.4, -0.2) is 13.4 Å². The van der Waals surface area contributed by atoms with E-state index in [1.807, 2.05) is 6.07 Å². The molecule has 0 amide bonds. The third-order valence-electron chi connectivity index (χ3n) is 4.12. The van der Waals surface area contributed by atoms with Gasteiger partial charge in [-0.25, -0.2) is 17.9 Å². The molecule has 0 radical (unpaired) electrons. The van der Waals surface area contributed by atoms with Crippen molar-refractivity contribution >= 4 is 20.9 Å². The van der Waals surface area contributed by atoms with Crippen molar-refractivity contribution in [1.29, 1.82) is 0 Å². The van der Waals surface area contributed by atoms with Gasteiger partial charge >= 0.3 is 0 Å². The number of rotatable bonds is 5. The number of aromatic amines is 1. The number of halogens is 1. The molecule has 3 rings (SSSR count). The summed E-state index contributed by atoms with van der Waals surface area (Å²) in [5, 5.41) is 6.22. The Hall–Kier alpha value is -2.18. The van der Waals surface area contributed by atoms with Crippen LogP contribution in [0, 0.1) is 5.82 Å². The van der Waals surface area contributed by atoms with Gasteiger partial charge in [-0.15, -0.1) is 0 Å². The van der Waals surface area contributed by atoms with E-state index in [2.05, 4.69) is 11.9 Å². The molecule has 0 atom stereocenters. The van der Waals surface area contributed by atoms with Gasteiger partial charge < -0.3 is 4.98 Å². The molecule has 0 saturated heterocycles. The number of fused-ring (bicyclic) bond motifs is 1. The minimum Gasteiger partial charge on any atom is -0.360 e. The third-order valence-corrected chi connectivity index (χ3v) is 5.13. The molecule has 4 nitrogen and oxygen atoms in total. The van der Waals surface area contributed by atoms with Crippen LogP contribution in [0.25, 0.3) is 22.0 Å². The van der Waals surface area contributed by atoms with E-state index in [1.165, 1.54) is 12.1 Å². The lowest BCUT2D eigenvalue weighted by atomic mass is 10.00. The number of primary sulfonamides is 1. The highest BCUT2D eigenvalue weighted by Gasteiger charge is 2.16. The van der Waals surface area contributed by atoms with Gasteiger partial charge in [-0.1, -0.05) is 19.4 Å². The van der Waals surface area contributed by atoms with E-state index >= 15 is 0 Å². The summed E-state index contributed by atoms with van der Waals surface area (Å²) in [7, 11) is -3.75. The second-order valence-electron chi connectivity index (χ2n) is 5.86. The summed E-state index contributed by atoms with van der Waals surface area (Å²) in [5.74, 6) is -0.302. The summed E-state index contributed by atoms with van der Waals surface area (Å²) < 4.78 is 36.9. The first kappa shape index (κ1) is 16.7. The van der Waals surface area contributed by atoms with E-state index in [4.69, 9.17) is 5.14 Å². The molecule has 0 unspecified atom stereocenters. The number of H-pyrrole nitrogens is 1. The summed E-state index contributed by atoms with van der Waals surface area (Å²) in [6, 6.07) is 9.72. The smallest absolute Gasteiger partial charge is 0.238 e. The zero-order chi connectivity index (χ0) is 17.3. The number of hydrogen-bond acceptors (Lipinski definition) is 2. The van der Waals surface area contributed by atoms with Gasteiger partial charge in [0.1, 0.15) is 5.82 Å². The number of sulfonamides is 1. The second kappa shape index (κ2) is 6.37. The summed E-state index contributed by atoms with van der Waals surface area (Å²) in [6.45, 7) is 2.05. The number of nitrogens with one attached hydrogen (secondary N) is 1. The monoisotopic (exact) mass is 346 g/mol. The molecule has 1 heterocycles. The molecule has 126 valence electrons. The standard InChI is InChI=1S/C18H19FN2O2S/c1-2-3-4-13-9-12(5-8-18(13)24(20,22)23)16-11-21-17-10-14(19)6-7-15(16)17/h5-11,21H,2-4H2,1H3,(H2,20,22,23). The molecule has 0 fully saturated rings. The molecule has 1 aromatic heterocycles. The maximum Gasteiger partial charge on any atom is 0.238 e. The molecule has 0 saturated carbocycles. The van der Waals surface area contributed by atoms with Crippen molar-refractivity contribution in [2.75, 3.05) is 0 Å². The average molecular weight is 346 g/mol. The fraction of sp³-hybridized carbons (Fsp3) is 0.222. The number of benzene rings is 2. The first-order valence-electron chi connectivity index (χ1n) is 7.83. The predicted octanol–water partition coefficient (Wildman–Crippen LogP) is 3.96. The number of hydrogen-bond donors (Lipinski definition) is 2. The first-order chi connectivity index (χ1) is 11.4. The van der Waals surface area contributed by atoms with Crippen LogP contribution in [0.2, 0.25) is 0 Å². The van der Waals surface area contributed by atoms with E-state index in [0.717, 1.165) is 29.4 Å². The van der Waals surface area contributed by atoms with Gasteiger partial charge in [0, 0.05) is 22.7 Å². The maximum atomic E-state index is 13.3. The molecule has 3 N–H and O–H groups in total. The number of aryl methyl sites for hydroxylation is 1. The van der Waals surface area contributed by atoms with Gasteiger partial charge in [0.25, 0.3) is 0 Å². The van der Waals surface area contributed by atoms with E-state index in [1.54, 1.807) is 24.4 Å². The Balaban J connectivity index is 2.13. The average Bonchev–Trinajstić information content (AvgIpc) is 2.94. The summed E-state index contributed by atoms with van der Waals surface area (Å²) in [6.07, 6.45) is 4.29. The highest BCUT2D eigenvalue weighted by molar-refractivity contribution is 7.89. The van der Waals surface area contributed by atoms with Crippen molar-refractivity contribution in [2.45, 2.75) is 31.1 Å². The van der Waals surface area contributed by atoms with Crippen LogP contribution in [0.5, 0.6) is 0 Å². The van der Waals surface area contributed by atoms with E-state index in [9.17, 15) is 12.8 Å². The zero-order valence-corrected chi connectivity index (χ0v) is 14.2.